The molecule has 2 nitrogen and oxygen atoms in total. The van der Waals surface area contributed by atoms with Gasteiger partial charge in [-0.25, -0.2) is 0 Å². The minimum Gasteiger partial charge on any atom is -0.464 e. The number of fused-ring (bicyclic) bond motifs is 8. The summed E-state index contributed by atoms with van der Waals surface area (Å²) in [6.45, 7) is 0. The van der Waals surface area contributed by atoms with Gasteiger partial charge in [0.1, 0.15) is 5.58 Å². The molecule has 14 rings (SSSR count). The standard InChI is InChI=1S/C68H49NO/c1-5-19-48(20-6-1)67(49-21-7-2-8-22-49)61-31-17-15-28-56(61)58-36-34-52(44-63(58)67)69(65-39-38-54(55-27-13-14-30-60(55)65)46-33-40-66-47(43-46)41-42-70-66)53-35-37-59-57-29-16-18-32-62(57)68(64(59)45-53,50-23-9-3-10-24-50)51-25-11-4-12-26-51/h1-12,15-26,28-29,31-45H,13-14,27,30H2. The van der Waals surface area contributed by atoms with Gasteiger partial charge in [0, 0.05) is 22.4 Å². The molecule has 11 aromatic rings. The molecule has 0 radical (unpaired) electrons. The Morgan fingerprint density at radius 3 is 1.30 bits per heavy atom. The summed E-state index contributed by atoms with van der Waals surface area (Å²) < 4.78 is 5.81. The molecule has 0 spiro atoms. The van der Waals surface area contributed by atoms with E-state index in [0.717, 1.165) is 41.6 Å². The highest BCUT2D eigenvalue weighted by Gasteiger charge is 2.48. The first-order chi connectivity index (χ1) is 34.7. The Hall–Kier alpha value is -8.46. The summed E-state index contributed by atoms with van der Waals surface area (Å²) in [5, 5.41) is 1.13. The Labute approximate surface area is 409 Å². The molecule has 0 amide bonds. The second kappa shape index (κ2) is 16.1. The minimum atomic E-state index is -0.541. The lowest BCUT2D eigenvalue weighted by molar-refractivity contribution is 0.616. The smallest absolute Gasteiger partial charge is 0.133 e. The van der Waals surface area contributed by atoms with Crippen molar-refractivity contribution in [1.29, 1.82) is 0 Å². The highest BCUT2D eigenvalue weighted by molar-refractivity contribution is 5.94. The van der Waals surface area contributed by atoms with Crippen LogP contribution in [0.15, 0.2) is 253 Å². The van der Waals surface area contributed by atoms with Crippen LogP contribution in [0.3, 0.4) is 0 Å². The van der Waals surface area contributed by atoms with E-state index in [1.807, 2.05) is 0 Å². The number of nitrogens with zero attached hydrogens (tertiary/aromatic N) is 1. The van der Waals surface area contributed by atoms with E-state index in [4.69, 9.17) is 4.42 Å². The Bertz CT molecular complexity index is 3510. The third kappa shape index (κ3) is 5.86. The zero-order chi connectivity index (χ0) is 46.2. The van der Waals surface area contributed by atoms with Gasteiger partial charge in [-0.1, -0.05) is 194 Å². The maximum atomic E-state index is 5.81. The minimum absolute atomic E-state index is 0.541. The average molecular weight is 896 g/mol. The molecule has 0 saturated carbocycles. The van der Waals surface area contributed by atoms with E-state index in [9.17, 15) is 0 Å². The fraction of sp³-hybridized carbons (Fsp3) is 0.0882. The van der Waals surface area contributed by atoms with Gasteiger partial charge in [0.05, 0.1) is 17.1 Å². The molecule has 2 heteroatoms. The lowest BCUT2D eigenvalue weighted by Gasteiger charge is -2.36. The van der Waals surface area contributed by atoms with Gasteiger partial charge in [0.25, 0.3) is 0 Å². The van der Waals surface area contributed by atoms with Crippen LogP contribution in [0.2, 0.25) is 0 Å². The summed E-state index contributed by atoms with van der Waals surface area (Å²) in [5.41, 5.74) is 24.2. The van der Waals surface area contributed by atoms with Crippen LogP contribution >= 0.6 is 0 Å². The van der Waals surface area contributed by atoms with Crippen LogP contribution in [-0.2, 0) is 23.7 Å². The van der Waals surface area contributed by atoms with Crippen LogP contribution in [0.5, 0.6) is 0 Å². The highest BCUT2D eigenvalue weighted by Crippen LogP contribution is 2.60. The highest BCUT2D eigenvalue weighted by atomic mass is 16.3. The Kier molecular flexibility index (Phi) is 9.32. The van der Waals surface area contributed by atoms with Gasteiger partial charge in [-0.3, -0.25) is 0 Å². The predicted octanol–water partition coefficient (Wildman–Crippen LogP) is 17.2. The summed E-state index contributed by atoms with van der Waals surface area (Å²) in [7, 11) is 0. The van der Waals surface area contributed by atoms with Gasteiger partial charge in [-0.15, -0.1) is 0 Å². The first kappa shape index (κ1) is 40.6. The molecule has 3 aliphatic carbocycles. The van der Waals surface area contributed by atoms with Crippen LogP contribution in [0.1, 0.15) is 68.5 Å². The molecule has 0 bridgehead atoms. The maximum absolute atomic E-state index is 5.81. The van der Waals surface area contributed by atoms with Crippen LogP contribution in [0.4, 0.5) is 17.1 Å². The van der Waals surface area contributed by atoms with Crippen LogP contribution in [0, 0.1) is 0 Å². The fourth-order valence-electron chi connectivity index (χ4n) is 13.0. The molecular weight excluding hydrogens is 847 g/mol. The number of hydrogen-bond acceptors (Lipinski definition) is 2. The quantitative estimate of drug-likeness (QED) is 0.151. The average Bonchev–Trinajstić information content (AvgIpc) is 4.13. The molecule has 3 aliphatic rings. The molecule has 332 valence electrons. The lowest BCUT2D eigenvalue weighted by atomic mass is 9.67. The number of benzene rings is 10. The van der Waals surface area contributed by atoms with Crippen molar-refractivity contribution in [2.45, 2.75) is 36.5 Å². The first-order valence-electron chi connectivity index (χ1n) is 24.9. The largest absolute Gasteiger partial charge is 0.464 e. The third-order valence-corrected chi connectivity index (χ3v) is 15.9. The van der Waals surface area contributed by atoms with Gasteiger partial charge in [0.2, 0.25) is 0 Å². The van der Waals surface area contributed by atoms with Crippen molar-refractivity contribution in [3.8, 4) is 33.4 Å². The van der Waals surface area contributed by atoms with Crippen molar-refractivity contribution in [3.63, 3.8) is 0 Å². The van der Waals surface area contributed by atoms with Crippen molar-refractivity contribution < 1.29 is 4.42 Å². The van der Waals surface area contributed by atoms with E-state index >= 15 is 0 Å². The molecule has 0 fully saturated rings. The van der Waals surface area contributed by atoms with Crippen molar-refractivity contribution in [2.75, 3.05) is 4.90 Å². The third-order valence-electron chi connectivity index (χ3n) is 15.9. The monoisotopic (exact) mass is 895 g/mol. The Morgan fingerprint density at radius 1 is 0.343 bits per heavy atom. The molecular formula is C68H49NO. The molecule has 0 aliphatic heterocycles. The second-order valence-electron chi connectivity index (χ2n) is 19.3. The number of rotatable bonds is 8. The van der Waals surface area contributed by atoms with E-state index in [2.05, 4.69) is 248 Å². The zero-order valence-corrected chi connectivity index (χ0v) is 38.9. The molecule has 0 atom stereocenters. The summed E-state index contributed by atoms with van der Waals surface area (Å²) in [4.78, 5) is 2.61. The van der Waals surface area contributed by atoms with Crippen molar-refractivity contribution in [1.82, 2.24) is 0 Å². The molecule has 70 heavy (non-hydrogen) atoms. The van der Waals surface area contributed by atoms with Gasteiger partial charge in [-0.05, 0) is 163 Å². The summed E-state index contributed by atoms with van der Waals surface area (Å²) in [6.07, 6.45) is 6.15. The SMILES string of the molecule is c1ccc(C2(c3ccccc3)c3ccccc3-c3ccc(N(c4ccc5c(c4)C(c4ccccc4)(c4ccccc4)c4ccccc4-5)c4ccc(-c5ccc6occc6c5)c5c4CCCC5)cc32)cc1. The second-order valence-corrected chi connectivity index (χ2v) is 19.3. The topological polar surface area (TPSA) is 16.4 Å². The van der Waals surface area contributed by atoms with Crippen LogP contribution in [0.25, 0.3) is 44.3 Å². The molecule has 0 N–H and O–H groups in total. The van der Waals surface area contributed by atoms with Gasteiger partial charge in [0.15, 0.2) is 0 Å². The van der Waals surface area contributed by atoms with E-state index < -0.39 is 10.8 Å². The number of anilines is 3. The van der Waals surface area contributed by atoms with Crippen LogP contribution in [-0.4, -0.2) is 0 Å². The van der Waals surface area contributed by atoms with Crippen LogP contribution < -0.4 is 4.90 Å². The van der Waals surface area contributed by atoms with E-state index in [-0.39, 0.29) is 0 Å². The zero-order valence-electron chi connectivity index (χ0n) is 38.9. The summed E-state index contributed by atoms with van der Waals surface area (Å²) in [6, 6.07) is 91.1. The number of hydrogen-bond donors (Lipinski definition) is 0. The normalized spacial score (nSPS) is 14.6. The number of furan rings is 1. The van der Waals surface area contributed by atoms with Gasteiger partial charge in [-0.2, -0.15) is 0 Å². The fourth-order valence-corrected chi connectivity index (χ4v) is 13.0. The first-order valence-corrected chi connectivity index (χ1v) is 24.9. The predicted molar refractivity (Wildman–Crippen MR) is 288 cm³/mol. The van der Waals surface area contributed by atoms with Gasteiger partial charge < -0.3 is 9.32 Å². The molecule has 1 aromatic heterocycles. The molecule has 1 heterocycles. The Morgan fingerprint density at radius 2 is 0.786 bits per heavy atom. The van der Waals surface area contributed by atoms with Gasteiger partial charge >= 0.3 is 0 Å². The van der Waals surface area contributed by atoms with Crippen molar-refractivity contribution >= 4 is 28.0 Å². The molecule has 10 aromatic carbocycles. The summed E-state index contributed by atoms with van der Waals surface area (Å²) in [5.74, 6) is 0. The molecule has 0 saturated heterocycles. The van der Waals surface area contributed by atoms with Crippen molar-refractivity contribution in [2.24, 2.45) is 0 Å². The summed E-state index contributed by atoms with van der Waals surface area (Å²) >= 11 is 0. The maximum Gasteiger partial charge on any atom is 0.133 e. The van der Waals surface area contributed by atoms with E-state index in [0.29, 0.717) is 0 Å². The Balaban J connectivity index is 1.06. The van der Waals surface area contributed by atoms with Crippen molar-refractivity contribution in [3.05, 3.63) is 305 Å². The molecule has 0 unspecified atom stereocenters. The van der Waals surface area contributed by atoms with E-state index in [1.165, 1.54) is 101 Å². The van der Waals surface area contributed by atoms with E-state index in [1.54, 1.807) is 6.26 Å². The lowest BCUT2D eigenvalue weighted by Crippen LogP contribution is -2.29.